The standard InChI is InChI=1S/C18H20N2O/c1-15-7-6-10-16(13-15)11-12-19-18(21)20(2)14-17-8-4-3-5-9-17/h3-13H,14H2,1-2H3,(H,19,21)/b12-11+. The second kappa shape index (κ2) is 7.29. The summed E-state index contributed by atoms with van der Waals surface area (Å²) in [6.45, 7) is 2.63. The van der Waals surface area contributed by atoms with Crippen LogP contribution in [0.3, 0.4) is 0 Å². The number of rotatable bonds is 4. The fraction of sp³-hybridized carbons (Fsp3) is 0.167. The summed E-state index contributed by atoms with van der Waals surface area (Å²) in [6, 6.07) is 17.9. The molecule has 21 heavy (non-hydrogen) atoms. The van der Waals surface area contributed by atoms with Crippen LogP contribution in [-0.2, 0) is 6.54 Å². The first-order chi connectivity index (χ1) is 10.1. The number of urea groups is 1. The molecule has 0 fully saturated rings. The molecule has 0 aliphatic heterocycles. The topological polar surface area (TPSA) is 32.3 Å². The van der Waals surface area contributed by atoms with Gasteiger partial charge in [0.2, 0.25) is 0 Å². The van der Waals surface area contributed by atoms with E-state index in [2.05, 4.69) is 11.4 Å². The molecule has 0 bridgehead atoms. The lowest BCUT2D eigenvalue weighted by atomic mass is 10.1. The van der Waals surface area contributed by atoms with Gasteiger partial charge in [-0.2, -0.15) is 0 Å². The summed E-state index contributed by atoms with van der Waals surface area (Å²) in [4.78, 5) is 13.6. The van der Waals surface area contributed by atoms with Crippen LogP contribution in [0.25, 0.3) is 6.08 Å². The maximum atomic E-state index is 12.0. The van der Waals surface area contributed by atoms with Crippen molar-refractivity contribution in [3.05, 3.63) is 77.5 Å². The zero-order valence-corrected chi connectivity index (χ0v) is 12.4. The molecule has 0 atom stereocenters. The van der Waals surface area contributed by atoms with E-state index in [9.17, 15) is 4.79 Å². The first-order valence-electron chi connectivity index (χ1n) is 6.94. The van der Waals surface area contributed by atoms with E-state index in [1.54, 1.807) is 18.1 Å². The van der Waals surface area contributed by atoms with Gasteiger partial charge >= 0.3 is 6.03 Å². The highest BCUT2D eigenvalue weighted by atomic mass is 16.2. The third kappa shape index (κ3) is 4.80. The molecule has 0 saturated heterocycles. The lowest BCUT2D eigenvalue weighted by Gasteiger charge is -2.16. The number of carbonyl (C=O) groups excluding carboxylic acids is 1. The minimum atomic E-state index is -0.122. The van der Waals surface area contributed by atoms with E-state index in [0.717, 1.165) is 11.1 Å². The molecular weight excluding hydrogens is 260 g/mol. The van der Waals surface area contributed by atoms with Crippen LogP contribution in [0.5, 0.6) is 0 Å². The Morgan fingerprint density at radius 3 is 2.62 bits per heavy atom. The summed E-state index contributed by atoms with van der Waals surface area (Å²) in [5, 5.41) is 2.78. The van der Waals surface area contributed by atoms with Crippen LogP contribution in [0.1, 0.15) is 16.7 Å². The molecule has 108 valence electrons. The summed E-state index contributed by atoms with van der Waals surface area (Å²) in [6.07, 6.45) is 3.57. The zero-order valence-electron chi connectivity index (χ0n) is 12.4. The van der Waals surface area contributed by atoms with Crippen molar-refractivity contribution in [3.8, 4) is 0 Å². The number of hydrogen-bond acceptors (Lipinski definition) is 1. The molecule has 0 aliphatic carbocycles. The normalized spacial score (nSPS) is 10.6. The number of hydrogen-bond donors (Lipinski definition) is 1. The number of aryl methyl sites for hydroxylation is 1. The molecule has 0 spiro atoms. The van der Waals surface area contributed by atoms with Gasteiger partial charge < -0.3 is 10.2 Å². The molecule has 1 N–H and O–H groups in total. The van der Waals surface area contributed by atoms with Crippen molar-refractivity contribution in [1.82, 2.24) is 10.2 Å². The van der Waals surface area contributed by atoms with E-state index < -0.39 is 0 Å². The van der Waals surface area contributed by atoms with Gasteiger partial charge in [0.05, 0.1) is 0 Å². The molecule has 0 aliphatic rings. The van der Waals surface area contributed by atoms with Gasteiger partial charge in [-0.05, 0) is 24.1 Å². The van der Waals surface area contributed by atoms with Crippen LogP contribution >= 0.6 is 0 Å². The largest absolute Gasteiger partial charge is 0.323 e. The highest BCUT2D eigenvalue weighted by Crippen LogP contribution is 2.05. The molecule has 2 aromatic carbocycles. The summed E-state index contributed by atoms with van der Waals surface area (Å²) in [7, 11) is 1.78. The Morgan fingerprint density at radius 1 is 1.14 bits per heavy atom. The van der Waals surface area contributed by atoms with E-state index in [-0.39, 0.29) is 6.03 Å². The number of amides is 2. The van der Waals surface area contributed by atoms with Crippen LogP contribution in [0.2, 0.25) is 0 Å². The molecule has 2 rings (SSSR count). The Hall–Kier alpha value is -2.55. The van der Waals surface area contributed by atoms with Gasteiger partial charge in [0, 0.05) is 19.8 Å². The van der Waals surface area contributed by atoms with E-state index in [1.807, 2.05) is 61.5 Å². The average molecular weight is 280 g/mol. The lowest BCUT2D eigenvalue weighted by Crippen LogP contribution is -2.33. The average Bonchev–Trinajstić information content (AvgIpc) is 2.48. The SMILES string of the molecule is Cc1cccc(/C=C/NC(=O)N(C)Cc2ccccc2)c1. The van der Waals surface area contributed by atoms with Crippen molar-refractivity contribution in [1.29, 1.82) is 0 Å². The quantitative estimate of drug-likeness (QED) is 0.907. The number of carbonyl (C=O) groups is 1. The third-order valence-corrected chi connectivity index (χ3v) is 3.13. The third-order valence-electron chi connectivity index (χ3n) is 3.13. The summed E-state index contributed by atoms with van der Waals surface area (Å²) in [5.74, 6) is 0. The molecule has 3 heteroatoms. The van der Waals surface area contributed by atoms with Gasteiger partial charge in [-0.25, -0.2) is 4.79 Å². The maximum absolute atomic E-state index is 12.0. The maximum Gasteiger partial charge on any atom is 0.321 e. The molecule has 2 amide bonds. The van der Waals surface area contributed by atoms with Crippen LogP contribution in [-0.4, -0.2) is 18.0 Å². The lowest BCUT2D eigenvalue weighted by molar-refractivity contribution is 0.211. The van der Waals surface area contributed by atoms with Crippen molar-refractivity contribution >= 4 is 12.1 Å². The van der Waals surface area contributed by atoms with E-state index in [1.165, 1.54) is 5.56 Å². The number of nitrogens with zero attached hydrogens (tertiary/aromatic N) is 1. The van der Waals surface area contributed by atoms with Crippen LogP contribution < -0.4 is 5.32 Å². The first kappa shape index (κ1) is 14.9. The second-order valence-electron chi connectivity index (χ2n) is 5.04. The Morgan fingerprint density at radius 2 is 1.90 bits per heavy atom. The Kier molecular flexibility index (Phi) is 5.16. The van der Waals surface area contributed by atoms with Crippen molar-refractivity contribution in [2.75, 3.05) is 7.05 Å². The van der Waals surface area contributed by atoms with Gasteiger partial charge in [0.1, 0.15) is 0 Å². The predicted octanol–water partition coefficient (Wildman–Crippen LogP) is 3.81. The van der Waals surface area contributed by atoms with Crippen LogP contribution in [0, 0.1) is 6.92 Å². The van der Waals surface area contributed by atoms with E-state index >= 15 is 0 Å². The highest BCUT2D eigenvalue weighted by Gasteiger charge is 2.06. The van der Waals surface area contributed by atoms with Crippen LogP contribution in [0.15, 0.2) is 60.8 Å². The van der Waals surface area contributed by atoms with Crippen molar-refractivity contribution in [2.45, 2.75) is 13.5 Å². The van der Waals surface area contributed by atoms with Gasteiger partial charge in [-0.3, -0.25) is 0 Å². The van der Waals surface area contributed by atoms with Gasteiger partial charge in [-0.1, -0.05) is 60.2 Å². The molecule has 3 nitrogen and oxygen atoms in total. The fourth-order valence-corrected chi connectivity index (χ4v) is 2.02. The fourth-order valence-electron chi connectivity index (χ4n) is 2.02. The molecule has 0 saturated carbocycles. The van der Waals surface area contributed by atoms with Gasteiger partial charge in [-0.15, -0.1) is 0 Å². The van der Waals surface area contributed by atoms with Crippen molar-refractivity contribution in [2.24, 2.45) is 0 Å². The minimum absolute atomic E-state index is 0.122. The molecule has 0 aromatic heterocycles. The molecule has 2 aromatic rings. The van der Waals surface area contributed by atoms with E-state index in [0.29, 0.717) is 6.54 Å². The van der Waals surface area contributed by atoms with Gasteiger partial charge in [0.25, 0.3) is 0 Å². The Labute approximate surface area is 125 Å². The first-order valence-corrected chi connectivity index (χ1v) is 6.94. The summed E-state index contributed by atoms with van der Waals surface area (Å²) in [5.41, 5.74) is 3.38. The van der Waals surface area contributed by atoms with Crippen molar-refractivity contribution in [3.63, 3.8) is 0 Å². The molecular formula is C18H20N2O. The predicted molar refractivity (Wildman–Crippen MR) is 86.7 cm³/mol. The Balaban J connectivity index is 1.86. The van der Waals surface area contributed by atoms with Crippen molar-refractivity contribution < 1.29 is 4.79 Å². The smallest absolute Gasteiger partial charge is 0.321 e. The van der Waals surface area contributed by atoms with Gasteiger partial charge in [0.15, 0.2) is 0 Å². The van der Waals surface area contributed by atoms with Crippen LogP contribution in [0.4, 0.5) is 4.79 Å². The second-order valence-corrected chi connectivity index (χ2v) is 5.04. The Bertz CT molecular complexity index is 620. The number of benzene rings is 2. The molecule has 0 unspecified atom stereocenters. The monoisotopic (exact) mass is 280 g/mol. The number of nitrogens with one attached hydrogen (secondary N) is 1. The minimum Gasteiger partial charge on any atom is -0.323 e. The zero-order chi connectivity index (χ0) is 15.1. The molecule has 0 heterocycles. The summed E-state index contributed by atoms with van der Waals surface area (Å²) >= 11 is 0. The highest BCUT2D eigenvalue weighted by molar-refractivity contribution is 5.75. The molecule has 0 radical (unpaired) electrons. The summed E-state index contributed by atoms with van der Waals surface area (Å²) < 4.78 is 0. The van der Waals surface area contributed by atoms with E-state index in [4.69, 9.17) is 0 Å².